The number of likely N-dealkylation sites (N-methyl/N-ethyl adjacent to an activating group) is 1. The van der Waals surface area contributed by atoms with Gasteiger partial charge in [0.05, 0.1) is 18.0 Å². The SMILES string of the molecule is COC(=O)CCCn1c(NCc2ccc(N3CCN(C)CC3)cc2)nc2ccccc2c1=O. The van der Waals surface area contributed by atoms with Crippen LogP contribution < -0.4 is 15.8 Å². The third-order valence-corrected chi connectivity index (χ3v) is 6.11. The highest BCUT2D eigenvalue weighted by atomic mass is 16.5. The molecule has 0 bridgehead atoms. The highest BCUT2D eigenvalue weighted by molar-refractivity contribution is 5.78. The van der Waals surface area contributed by atoms with E-state index in [-0.39, 0.29) is 17.9 Å². The van der Waals surface area contributed by atoms with E-state index in [1.54, 1.807) is 10.6 Å². The number of benzene rings is 2. The predicted octanol–water partition coefficient (Wildman–Crippen LogP) is 2.71. The van der Waals surface area contributed by atoms with Gasteiger partial charge in [0, 0.05) is 51.4 Å². The number of nitrogens with one attached hydrogen (secondary N) is 1. The van der Waals surface area contributed by atoms with E-state index >= 15 is 0 Å². The van der Waals surface area contributed by atoms with E-state index in [1.807, 2.05) is 18.2 Å². The number of piperazine rings is 1. The molecule has 0 amide bonds. The van der Waals surface area contributed by atoms with E-state index in [0.717, 1.165) is 31.7 Å². The molecule has 8 heteroatoms. The molecule has 2 aromatic carbocycles. The summed E-state index contributed by atoms with van der Waals surface area (Å²) in [5.41, 5.74) is 2.88. The van der Waals surface area contributed by atoms with Gasteiger partial charge < -0.3 is 19.9 Å². The average molecular weight is 450 g/mol. The number of carbonyl (C=O) groups is 1. The Morgan fingerprint density at radius 3 is 2.52 bits per heavy atom. The molecule has 8 nitrogen and oxygen atoms in total. The molecule has 0 atom stereocenters. The number of carbonyl (C=O) groups excluding carboxylic acids is 1. The maximum Gasteiger partial charge on any atom is 0.305 e. The smallest absolute Gasteiger partial charge is 0.305 e. The topological polar surface area (TPSA) is 79.7 Å². The highest BCUT2D eigenvalue weighted by Crippen LogP contribution is 2.18. The molecule has 4 rings (SSSR count). The molecule has 1 aliphatic rings. The maximum atomic E-state index is 13.1. The second-order valence-electron chi connectivity index (χ2n) is 8.40. The van der Waals surface area contributed by atoms with Gasteiger partial charge in [-0.1, -0.05) is 24.3 Å². The fraction of sp³-hybridized carbons (Fsp3) is 0.400. The Kier molecular flexibility index (Phi) is 7.24. The molecule has 0 spiro atoms. The number of methoxy groups -OCH3 is 1. The first-order chi connectivity index (χ1) is 16.0. The lowest BCUT2D eigenvalue weighted by atomic mass is 10.2. The number of anilines is 2. The number of para-hydroxylation sites is 1. The van der Waals surface area contributed by atoms with Crippen molar-refractivity contribution in [1.82, 2.24) is 14.5 Å². The molecule has 1 aliphatic heterocycles. The Hall–Kier alpha value is -3.39. The van der Waals surface area contributed by atoms with Crippen molar-refractivity contribution in [3.05, 3.63) is 64.4 Å². The average Bonchev–Trinajstić information content (AvgIpc) is 2.85. The van der Waals surface area contributed by atoms with Crippen LogP contribution in [0.5, 0.6) is 0 Å². The zero-order chi connectivity index (χ0) is 23.2. The molecular formula is C25H31N5O3. The molecule has 3 aromatic rings. The normalized spacial score (nSPS) is 14.4. The second kappa shape index (κ2) is 10.5. The number of ether oxygens (including phenoxy) is 1. The molecule has 0 aliphatic carbocycles. The van der Waals surface area contributed by atoms with Gasteiger partial charge in [-0.25, -0.2) is 4.98 Å². The minimum atomic E-state index is -0.285. The van der Waals surface area contributed by atoms with Crippen LogP contribution >= 0.6 is 0 Å². The summed E-state index contributed by atoms with van der Waals surface area (Å²) in [6.45, 7) is 5.15. The van der Waals surface area contributed by atoms with E-state index < -0.39 is 0 Å². The molecule has 1 fully saturated rings. The first-order valence-corrected chi connectivity index (χ1v) is 11.4. The summed E-state index contributed by atoms with van der Waals surface area (Å²) in [5.74, 6) is 0.221. The molecule has 0 saturated carbocycles. The van der Waals surface area contributed by atoms with Crippen LogP contribution in [0.2, 0.25) is 0 Å². The summed E-state index contributed by atoms with van der Waals surface area (Å²) in [6, 6.07) is 15.9. The third kappa shape index (κ3) is 5.51. The quantitative estimate of drug-likeness (QED) is 0.530. The number of rotatable bonds is 8. The zero-order valence-corrected chi connectivity index (χ0v) is 19.3. The minimum Gasteiger partial charge on any atom is -0.469 e. The Bertz CT molecular complexity index is 1150. The van der Waals surface area contributed by atoms with Gasteiger partial charge in [-0.3, -0.25) is 14.2 Å². The number of fused-ring (bicyclic) bond motifs is 1. The van der Waals surface area contributed by atoms with E-state index in [2.05, 4.69) is 51.4 Å². The molecule has 1 aromatic heterocycles. The van der Waals surface area contributed by atoms with Gasteiger partial charge in [-0.05, 0) is 43.3 Å². The summed E-state index contributed by atoms with van der Waals surface area (Å²) in [4.78, 5) is 34.0. The van der Waals surface area contributed by atoms with Gasteiger partial charge >= 0.3 is 5.97 Å². The molecule has 1 saturated heterocycles. The van der Waals surface area contributed by atoms with Crippen molar-refractivity contribution in [2.75, 3.05) is 50.6 Å². The molecule has 0 radical (unpaired) electrons. The standard InChI is InChI=1S/C25H31N5O3/c1-28-14-16-29(17-15-28)20-11-9-19(10-12-20)18-26-25-27-22-7-4-3-6-21(22)24(32)30(25)13-5-8-23(31)33-2/h3-4,6-7,9-12H,5,8,13-18H2,1-2H3,(H,26,27). The third-order valence-electron chi connectivity index (χ3n) is 6.11. The lowest BCUT2D eigenvalue weighted by molar-refractivity contribution is -0.140. The fourth-order valence-electron chi connectivity index (χ4n) is 4.06. The van der Waals surface area contributed by atoms with E-state index in [0.29, 0.717) is 36.4 Å². The van der Waals surface area contributed by atoms with Crippen molar-refractivity contribution < 1.29 is 9.53 Å². The summed E-state index contributed by atoms with van der Waals surface area (Å²) in [7, 11) is 3.52. The molecule has 1 N–H and O–H groups in total. The number of aromatic nitrogens is 2. The van der Waals surface area contributed by atoms with Crippen molar-refractivity contribution in [2.24, 2.45) is 0 Å². The van der Waals surface area contributed by atoms with E-state index in [1.165, 1.54) is 12.8 Å². The molecule has 174 valence electrons. The molecular weight excluding hydrogens is 418 g/mol. The van der Waals surface area contributed by atoms with Gasteiger partial charge in [-0.2, -0.15) is 0 Å². The largest absolute Gasteiger partial charge is 0.469 e. The first kappa shape index (κ1) is 22.8. The summed E-state index contributed by atoms with van der Waals surface area (Å²) in [6.07, 6.45) is 0.754. The van der Waals surface area contributed by atoms with E-state index in [9.17, 15) is 9.59 Å². The number of esters is 1. The van der Waals surface area contributed by atoms with Crippen molar-refractivity contribution >= 4 is 28.5 Å². The van der Waals surface area contributed by atoms with Gasteiger partial charge in [0.1, 0.15) is 0 Å². The van der Waals surface area contributed by atoms with Crippen LogP contribution in [0, 0.1) is 0 Å². The molecule has 2 heterocycles. The Morgan fingerprint density at radius 1 is 1.06 bits per heavy atom. The van der Waals surface area contributed by atoms with Crippen LogP contribution in [0.1, 0.15) is 18.4 Å². The summed E-state index contributed by atoms with van der Waals surface area (Å²) in [5, 5.41) is 3.90. The van der Waals surface area contributed by atoms with Gasteiger partial charge in [0.25, 0.3) is 5.56 Å². The van der Waals surface area contributed by atoms with Gasteiger partial charge in [-0.15, -0.1) is 0 Å². The summed E-state index contributed by atoms with van der Waals surface area (Å²) < 4.78 is 6.33. The predicted molar refractivity (Wildman–Crippen MR) is 131 cm³/mol. The van der Waals surface area contributed by atoms with Crippen LogP contribution in [0.3, 0.4) is 0 Å². The monoisotopic (exact) mass is 449 g/mol. The Labute approximate surface area is 193 Å². The first-order valence-electron chi connectivity index (χ1n) is 11.4. The Morgan fingerprint density at radius 2 is 1.79 bits per heavy atom. The zero-order valence-electron chi connectivity index (χ0n) is 19.3. The van der Waals surface area contributed by atoms with Crippen molar-refractivity contribution in [3.8, 4) is 0 Å². The van der Waals surface area contributed by atoms with E-state index in [4.69, 9.17) is 4.74 Å². The second-order valence-corrected chi connectivity index (χ2v) is 8.40. The van der Waals surface area contributed by atoms with Crippen LogP contribution in [0.25, 0.3) is 10.9 Å². The highest BCUT2D eigenvalue weighted by Gasteiger charge is 2.15. The minimum absolute atomic E-state index is 0.113. The van der Waals surface area contributed by atoms with Crippen LogP contribution in [-0.2, 0) is 22.6 Å². The Balaban J connectivity index is 1.49. The lowest BCUT2D eigenvalue weighted by Crippen LogP contribution is -2.44. The van der Waals surface area contributed by atoms with Crippen molar-refractivity contribution in [1.29, 1.82) is 0 Å². The molecule has 0 unspecified atom stereocenters. The molecule has 33 heavy (non-hydrogen) atoms. The van der Waals surface area contributed by atoms with Crippen LogP contribution in [0.4, 0.5) is 11.6 Å². The lowest BCUT2D eigenvalue weighted by Gasteiger charge is -2.34. The van der Waals surface area contributed by atoms with Gasteiger partial charge in [0.15, 0.2) is 0 Å². The number of hydrogen-bond acceptors (Lipinski definition) is 7. The van der Waals surface area contributed by atoms with Crippen molar-refractivity contribution in [3.63, 3.8) is 0 Å². The number of hydrogen-bond donors (Lipinski definition) is 1. The number of nitrogens with zero attached hydrogens (tertiary/aromatic N) is 4. The summed E-state index contributed by atoms with van der Waals surface area (Å²) >= 11 is 0. The van der Waals surface area contributed by atoms with Crippen LogP contribution in [-0.4, -0.2) is 60.8 Å². The van der Waals surface area contributed by atoms with Crippen molar-refractivity contribution in [2.45, 2.75) is 25.9 Å². The maximum absolute atomic E-state index is 13.1. The fourth-order valence-corrected chi connectivity index (χ4v) is 4.06. The van der Waals surface area contributed by atoms with Crippen LogP contribution in [0.15, 0.2) is 53.3 Å². The van der Waals surface area contributed by atoms with Gasteiger partial charge in [0.2, 0.25) is 5.95 Å².